The van der Waals surface area contributed by atoms with Crippen LogP contribution in [0.4, 0.5) is 5.69 Å². The number of ether oxygens (including phenoxy) is 2. The molecule has 0 heterocycles. The Balaban J connectivity index is 1.70. The zero-order chi connectivity index (χ0) is 23.5. The van der Waals surface area contributed by atoms with Crippen molar-refractivity contribution in [2.45, 2.75) is 26.2 Å². The number of allylic oxidation sites excluding steroid dienone is 1. The molecule has 33 heavy (non-hydrogen) atoms. The van der Waals surface area contributed by atoms with E-state index in [4.69, 9.17) is 10.5 Å². The van der Waals surface area contributed by atoms with Gasteiger partial charge >= 0.3 is 5.97 Å². The van der Waals surface area contributed by atoms with Gasteiger partial charge in [0.1, 0.15) is 11.5 Å². The lowest BCUT2D eigenvalue weighted by Gasteiger charge is -2.25. The molecule has 1 aliphatic carbocycles. The Morgan fingerprint density at radius 2 is 1.76 bits per heavy atom. The van der Waals surface area contributed by atoms with E-state index in [1.807, 2.05) is 37.3 Å². The number of nitrogens with two attached hydrogens (primary N) is 1. The number of carbonyl (C=O) groups is 2. The number of anilines is 1. The molecule has 0 saturated carbocycles. The number of aromatic hydroxyl groups is 1. The number of esters is 1. The van der Waals surface area contributed by atoms with E-state index in [1.165, 1.54) is 13.2 Å². The molecule has 4 rings (SSSR count). The zero-order valence-corrected chi connectivity index (χ0v) is 18.6. The number of rotatable bonds is 6. The second-order valence-electron chi connectivity index (χ2n) is 7.78. The predicted molar refractivity (Wildman–Crippen MR) is 127 cm³/mol. The molecule has 3 aromatic carbocycles. The number of fused-ring (bicyclic) bond motifs is 2. The molecule has 168 valence electrons. The van der Waals surface area contributed by atoms with Gasteiger partial charge in [0.25, 0.3) is 0 Å². The summed E-state index contributed by atoms with van der Waals surface area (Å²) >= 11 is 0. The van der Waals surface area contributed by atoms with Crippen LogP contribution in [0.2, 0.25) is 0 Å². The maximum absolute atomic E-state index is 13.2. The molecule has 0 aromatic heterocycles. The molecule has 0 bridgehead atoms. The van der Waals surface area contributed by atoms with Crippen LogP contribution in [0.25, 0.3) is 5.57 Å². The smallest absolute Gasteiger partial charge is 0.305 e. The van der Waals surface area contributed by atoms with Gasteiger partial charge in [-0.2, -0.15) is 0 Å². The summed E-state index contributed by atoms with van der Waals surface area (Å²) in [6.07, 6.45) is 3.58. The fraction of sp³-hybridized carbons (Fsp3) is 0.185. The first kappa shape index (κ1) is 22.1. The topological polar surface area (TPSA) is 98.8 Å². The Morgan fingerprint density at radius 1 is 1.06 bits per heavy atom. The predicted octanol–water partition coefficient (Wildman–Crippen LogP) is 5.26. The van der Waals surface area contributed by atoms with Gasteiger partial charge in [-0.15, -0.1) is 0 Å². The molecule has 0 radical (unpaired) electrons. The largest absolute Gasteiger partial charge is 0.507 e. The van der Waals surface area contributed by atoms with E-state index in [0.717, 1.165) is 23.1 Å². The summed E-state index contributed by atoms with van der Waals surface area (Å²) in [5, 5.41) is 10.8. The van der Waals surface area contributed by atoms with Gasteiger partial charge in [0, 0.05) is 23.6 Å². The number of hydrogen-bond acceptors (Lipinski definition) is 6. The van der Waals surface area contributed by atoms with Gasteiger partial charge in [-0.3, -0.25) is 9.59 Å². The van der Waals surface area contributed by atoms with Gasteiger partial charge in [0.15, 0.2) is 11.5 Å². The molecule has 0 unspecified atom stereocenters. The fourth-order valence-corrected chi connectivity index (χ4v) is 4.06. The Labute approximate surface area is 192 Å². The maximum Gasteiger partial charge on any atom is 0.305 e. The van der Waals surface area contributed by atoms with Crippen LogP contribution in [0.3, 0.4) is 0 Å². The number of hydrogen-bond donors (Lipinski definition) is 2. The Kier molecular flexibility index (Phi) is 6.18. The minimum absolute atomic E-state index is 0.176. The molecule has 0 saturated heterocycles. The van der Waals surface area contributed by atoms with Gasteiger partial charge in [0.2, 0.25) is 0 Å². The van der Waals surface area contributed by atoms with Gasteiger partial charge in [-0.05, 0) is 41.7 Å². The lowest BCUT2D eigenvalue weighted by atomic mass is 9.79. The highest BCUT2D eigenvalue weighted by Gasteiger charge is 2.32. The molecule has 0 atom stereocenters. The highest BCUT2D eigenvalue weighted by molar-refractivity contribution is 6.21. The van der Waals surface area contributed by atoms with Crippen molar-refractivity contribution < 1.29 is 24.2 Å². The number of phenols is 1. The van der Waals surface area contributed by atoms with E-state index in [9.17, 15) is 14.7 Å². The summed E-state index contributed by atoms with van der Waals surface area (Å²) in [6.45, 7) is 2.00. The van der Waals surface area contributed by atoms with E-state index in [0.29, 0.717) is 35.4 Å². The number of ketones is 1. The van der Waals surface area contributed by atoms with Crippen LogP contribution in [-0.4, -0.2) is 24.0 Å². The van der Waals surface area contributed by atoms with E-state index in [1.54, 1.807) is 24.3 Å². The summed E-state index contributed by atoms with van der Waals surface area (Å²) in [5.74, 6) is 0.0823. The van der Waals surface area contributed by atoms with Crippen molar-refractivity contribution in [1.82, 2.24) is 0 Å². The lowest BCUT2D eigenvalue weighted by molar-refractivity contribution is -0.140. The first-order valence-electron chi connectivity index (χ1n) is 10.8. The van der Waals surface area contributed by atoms with Crippen molar-refractivity contribution >= 4 is 23.0 Å². The molecule has 6 heteroatoms. The van der Waals surface area contributed by atoms with Crippen LogP contribution >= 0.6 is 0 Å². The summed E-state index contributed by atoms with van der Waals surface area (Å²) < 4.78 is 10.7. The highest BCUT2D eigenvalue weighted by atomic mass is 16.5. The van der Waals surface area contributed by atoms with Crippen molar-refractivity contribution in [1.29, 1.82) is 0 Å². The molecular formula is C27H25NO5. The van der Waals surface area contributed by atoms with Crippen molar-refractivity contribution in [3.05, 3.63) is 88.5 Å². The molecule has 3 aromatic rings. The molecule has 0 aliphatic heterocycles. The average molecular weight is 443 g/mol. The first-order chi connectivity index (χ1) is 15.9. The van der Waals surface area contributed by atoms with E-state index in [2.05, 4.69) is 4.74 Å². The molecule has 0 spiro atoms. The fourth-order valence-electron chi connectivity index (χ4n) is 4.06. The minimum Gasteiger partial charge on any atom is -0.507 e. The summed E-state index contributed by atoms with van der Waals surface area (Å²) in [4.78, 5) is 24.5. The van der Waals surface area contributed by atoms with Crippen LogP contribution in [-0.2, 0) is 16.0 Å². The van der Waals surface area contributed by atoms with Crippen LogP contribution in [0.1, 0.15) is 52.4 Å². The van der Waals surface area contributed by atoms with E-state index < -0.39 is 0 Å². The van der Waals surface area contributed by atoms with Crippen molar-refractivity contribution in [3.63, 3.8) is 0 Å². The quantitative estimate of drug-likeness (QED) is 0.240. The van der Waals surface area contributed by atoms with Crippen LogP contribution < -0.4 is 10.5 Å². The third kappa shape index (κ3) is 4.20. The van der Waals surface area contributed by atoms with E-state index >= 15 is 0 Å². The first-order valence-corrected chi connectivity index (χ1v) is 10.8. The van der Waals surface area contributed by atoms with Gasteiger partial charge < -0.3 is 20.3 Å². The zero-order valence-electron chi connectivity index (χ0n) is 18.6. The van der Waals surface area contributed by atoms with Gasteiger partial charge in [0.05, 0.1) is 18.4 Å². The third-order valence-electron chi connectivity index (χ3n) is 5.67. The number of aryl methyl sites for hydroxylation is 1. The highest BCUT2D eigenvalue weighted by Crippen LogP contribution is 2.47. The van der Waals surface area contributed by atoms with Crippen LogP contribution in [0.15, 0.2) is 60.7 Å². The molecule has 0 fully saturated rings. The number of benzene rings is 3. The van der Waals surface area contributed by atoms with Gasteiger partial charge in [-0.1, -0.05) is 49.4 Å². The summed E-state index contributed by atoms with van der Waals surface area (Å²) in [7, 11) is 1.37. The summed E-state index contributed by atoms with van der Waals surface area (Å²) in [6, 6.07) is 16.0. The van der Waals surface area contributed by atoms with Gasteiger partial charge in [-0.25, -0.2) is 0 Å². The van der Waals surface area contributed by atoms with Crippen LogP contribution in [0.5, 0.6) is 17.2 Å². The monoisotopic (exact) mass is 443 g/mol. The molecule has 0 amide bonds. The van der Waals surface area contributed by atoms with Crippen molar-refractivity contribution in [2.24, 2.45) is 0 Å². The number of methoxy groups -OCH3 is 1. The Morgan fingerprint density at radius 3 is 2.42 bits per heavy atom. The second-order valence-corrected chi connectivity index (χ2v) is 7.78. The SMILES string of the molecule is CC/C=C1\c2ccccc2C(=O)c2c(O)cc(Oc3ccc(CCC(=O)OC)cc3)c(N)c21. The minimum atomic E-state index is -0.264. The van der Waals surface area contributed by atoms with E-state index in [-0.39, 0.29) is 28.8 Å². The third-order valence-corrected chi connectivity index (χ3v) is 5.67. The lowest BCUT2D eigenvalue weighted by Crippen LogP contribution is -2.17. The van der Waals surface area contributed by atoms with Crippen molar-refractivity contribution in [2.75, 3.05) is 12.8 Å². The Hall–Kier alpha value is -4.06. The molecular weight excluding hydrogens is 418 g/mol. The number of carbonyl (C=O) groups excluding carboxylic acids is 2. The molecule has 6 nitrogen and oxygen atoms in total. The number of phenolic OH excluding ortho intramolecular Hbond substituents is 1. The normalized spacial score (nSPS) is 13.4. The standard InChI is InChI=1S/C27H25NO5/c1-3-6-19-18-7-4-5-8-20(18)27(31)25-21(29)15-22(26(28)24(19)25)33-17-12-9-16(10-13-17)11-14-23(30)32-2/h4-10,12-13,15,29H,3,11,14,28H2,1-2H3/b19-6+. The Bertz CT molecular complexity index is 1260. The summed E-state index contributed by atoms with van der Waals surface area (Å²) in [5.41, 5.74) is 10.6. The van der Waals surface area contributed by atoms with Crippen LogP contribution in [0, 0.1) is 0 Å². The number of nitrogen functional groups attached to an aromatic ring is 1. The average Bonchev–Trinajstić information content (AvgIpc) is 2.83. The van der Waals surface area contributed by atoms with Crippen molar-refractivity contribution in [3.8, 4) is 17.2 Å². The second kappa shape index (κ2) is 9.20. The molecule has 3 N–H and O–H groups in total. The molecule has 1 aliphatic rings. The maximum atomic E-state index is 13.2.